The fraction of sp³-hybridized carbons (Fsp3) is 0.500. The second kappa shape index (κ2) is 4.80. The largest absolute Gasteiger partial charge is 0.496 e. The third-order valence-corrected chi connectivity index (χ3v) is 5.91. The highest BCUT2D eigenvalue weighted by molar-refractivity contribution is 7.18. The molecule has 0 saturated carbocycles. The van der Waals surface area contributed by atoms with E-state index in [1.54, 1.807) is 6.07 Å². The van der Waals surface area contributed by atoms with Crippen LogP contribution in [0.4, 0.5) is 4.39 Å². The van der Waals surface area contributed by atoms with E-state index in [-0.39, 0.29) is 11.4 Å². The lowest BCUT2D eigenvalue weighted by Gasteiger charge is -2.39. The monoisotopic (exact) mass is 306 g/mol. The summed E-state index contributed by atoms with van der Waals surface area (Å²) in [6, 6.07) is 5.14. The minimum Gasteiger partial charge on any atom is -0.399 e. The summed E-state index contributed by atoms with van der Waals surface area (Å²) in [6.07, 6.45) is 0. The minimum atomic E-state index is -0.442. The Kier molecular flexibility index (Phi) is 3.43. The summed E-state index contributed by atoms with van der Waals surface area (Å²) >= 11 is 1.40. The van der Waals surface area contributed by atoms with E-state index in [0.717, 1.165) is 10.8 Å². The van der Waals surface area contributed by atoms with Gasteiger partial charge < -0.3 is 9.31 Å². The summed E-state index contributed by atoms with van der Waals surface area (Å²) in [7, 11) is -0.442. The van der Waals surface area contributed by atoms with E-state index in [1.165, 1.54) is 17.4 Å². The maximum Gasteiger partial charge on any atom is 0.496 e. The van der Waals surface area contributed by atoms with Gasteiger partial charge in [0.2, 0.25) is 0 Å². The third kappa shape index (κ3) is 2.14. The van der Waals surface area contributed by atoms with Crippen molar-refractivity contribution >= 4 is 34.0 Å². The van der Waals surface area contributed by atoms with E-state index >= 15 is 0 Å². The summed E-state index contributed by atoms with van der Waals surface area (Å²) < 4.78 is 27.0. The summed E-state index contributed by atoms with van der Waals surface area (Å²) in [4.78, 5) is 0. The van der Waals surface area contributed by atoms with Crippen LogP contribution in [-0.2, 0) is 9.31 Å². The standard InChI is InChI=1S/C16H20BFO2S/c1-10(2)16(5)15(3,4)19-17(20-16)12-9-21-14-11(12)7-6-8-13(14)18/h6-10H,1-5H3. The van der Waals surface area contributed by atoms with Crippen LogP contribution in [0.15, 0.2) is 23.6 Å². The Balaban J connectivity index is 2.04. The molecule has 0 spiro atoms. The fourth-order valence-corrected chi connectivity index (χ4v) is 3.93. The highest BCUT2D eigenvalue weighted by Crippen LogP contribution is 2.42. The van der Waals surface area contributed by atoms with Crippen LogP contribution in [0.5, 0.6) is 0 Å². The molecule has 21 heavy (non-hydrogen) atoms. The molecule has 1 aliphatic heterocycles. The topological polar surface area (TPSA) is 18.5 Å². The number of halogens is 1. The molecule has 2 nitrogen and oxygen atoms in total. The van der Waals surface area contributed by atoms with E-state index < -0.39 is 12.7 Å². The zero-order valence-corrected chi connectivity index (χ0v) is 13.9. The van der Waals surface area contributed by atoms with Crippen molar-refractivity contribution in [1.82, 2.24) is 0 Å². The van der Waals surface area contributed by atoms with Crippen LogP contribution in [0.1, 0.15) is 34.6 Å². The highest BCUT2D eigenvalue weighted by Gasteiger charge is 2.56. The Morgan fingerprint density at radius 3 is 2.52 bits per heavy atom. The average molecular weight is 306 g/mol. The van der Waals surface area contributed by atoms with Crippen molar-refractivity contribution in [3.63, 3.8) is 0 Å². The van der Waals surface area contributed by atoms with Crippen LogP contribution in [0.2, 0.25) is 0 Å². The first-order valence-corrected chi connectivity index (χ1v) is 8.15. The van der Waals surface area contributed by atoms with Crippen LogP contribution in [0.25, 0.3) is 10.1 Å². The first-order valence-electron chi connectivity index (χ1n) is 7.27. The van der Waals surface area contributed by atoms with Crippen molar-refractivity contribution in [1.29, 1.82) is 0 Å². The number of fused-ring (bicyclic) bond motifs is 1. The van der Waals surface area contributed by atoms with Crippen LogP contribution >= 0.6 is 11.3 Å². The zero-order valence-electron chi connectivity index (χ0n) is 13.1. The lowest BCUT2D eigenvalue weighted by atomic mass is 9.78. The van der Waals surface area contributed by atoms with Gasteiger partial charge in [0, 0.05) is 5.46 Å². The maximum absolute atomic E-state index is 13.8. The number of benzene rings is 1. The van der Waals surface area contributed by atoms with E-state index in [2.05, 4.69) is 34.6 Å². The maximum atomic E-state index is 13.8. The van der Waals surface area contributed by atoms with Crippen molar-refractivity contribution in [3.05, 3.63) is 29.4 Å². The second-order valence-corrected chi connectivity index (χ2v) is 7.53. The fourth-order valence-electron chi connectivity index (χ4n) is 2.96. The molecule has 1 unspecified atom stereocenters. The van der Waals surface area contributed by atoms with Gasteiger partial charge in [-0.2, -0.15) is 0 Å². The Morgan fingerprint density at radius 2 is 1.90 bits per heavy atom. The molecule has 1 saturated heterocycles. The van der Waals surface area contributed by atoms with Crippen LogP contribution in [0, 0.1) is 11.7 Å². The number of hydrogen-bond donors (Lipinski definition) is 0. The van der Waals surface area contributed by atoms with Gasteiger partial charge >= 0.3 is 7.12 Å². The van der Waals surface area contributed by atoms with Crippen LogP contribution < -0.4 is 5.46 Å². The molecule has 1 aliphatic rings. The predicted molar refractivity (Wildman–Crippen MR) is 86.7 cm³/mol. The number of rotatable bonds is 2. The van der Waals surface area contributed by atoms with Crippen molar-refractivity contribution in [2.45, 2.75) is 45.8 Å². The van der Waals surface area contributed by atoms with Crippen molar-refractivity contribution in [2.24, 2.45) is 5.92 Å². The van der Waals surface area contributed by atoms with Gasteiger partial charge in [0.15, 0.2) is 0 Å². The lowest BCUT2D eigenvalue weighted by molar-refractivity contribution is -0.0435. The zero-order chi connectivity index (χ0) is 15.4. The molecule has 0 aliphatic carbocycles. The molecule has 5 heteroatoms. The van der Waals surface area contributed by atoms with Crippen LogP contribution in [-0.4, -0.2) is 18.3 Å². The summed E-state index contributed by atoms with van der Waals surface area (Å²) in [5, 5.41) is 2.83. The molecule has 3 rings (SSSR count). The van der Waals surface area contributed by atoms with E-state index in [9.17, 15) is 4.39 Å². The average Bonchev–Trinajstić information content (AvgIpc) is 2.91. The summed E-state index contributed by atoms with van der Waals surface area (Å²) in [6.45, 7) is 10.5. The Morgan fingerprint density at radius 1 is 1.19 bits per heavy atom. The Bertz CT molecular complexity index is 682. The van der Waals surface area contributed by atoms with Gasteiger partial charge in [0.1, 0.15) is 5.82 Å². The quantitative estimate of drug-likeness (QED) is 0.782. The van der Waals surface area contributed by atoms with Gasteiger partial charge in [-0.05, 0) is 43.5 Å². The van der Waals surface area contributed by atoms with Gasteiger partial charge in [0.05, 0.1) is 15.9 Å². The molecular formula is C16H20BFO2S. The third-order valence-electron chi connectivity index (χ3n) is 4.89. The minimum absolute atomic E-state index is 0.187. The second-order valence-electron chi connectivity index (χ2n) is 6.65. The van der Waals surface area contributed by atoms with Crippen LogP contribution in [0.3, 0.4) is 0 Å². The van der Waals surface area contributed by atoms with E-state index in [0.29, 0.717) is 10.6 Å². The van der Waals surface area contributed by atoms with Gasteiger partial charge in [-0.3, -0.25) is 0 Å². The molecule has 2 aromatic rings. The number of thiophene rings is 1. The molecule has 0 N–H and O–H groups in total. The molecule has 0 bridgehead atoms. The first-order chi connectivity index (χ1) is 9.76. The van der Waals surface area contributed by atoms with Gasteiger partial charge in [-0.25, -0.2) is 4.39 Å². The van der Waals surface area contributed by atoms with Gasteiger partial charge in [-0.1, -0.05) is 26.0 Å². The molecular weight excluding hydrogens is 286 g/mol. The molecule has 1 fully saturated rings. The molecule has 1 aromatic carbocycles. The van der Waals surface area contributed by atoms with Crippen molar-refractivity contribution in [3.8, 4) is 0 Å². The number of hydrogen-bond acceptors (Lipinski definition) is 3. The lowest BCUT2D eigenvalue weighted by Crippen LogP contribution is -2.48. The highest BCUT2D eigenvalue weighted by atomic mass is 32.1. The smallest absolute Gasteiger partial charge is 0.399 e. The first kappa shape index (κ1) is 15.0. The van der Waals surface area contributed by atoms with Crippen molar-refractivity contribution < 1.29 is 13.7 Å². The summed E-state index contributed by atoms with van der Waals surface area (Å²) in [5.74, 6) is 0.131. The van der Waals surface area contributed by atoms with Gasteiger partial charge in [0.25, 0.3) is 0 Å². The molecule has 1 atom stereocenters. The normalized spacial score (nSPS) is 25.2. The van der Waals surface area contributed by atoms with E-state index in [4.69, 9.17) is 9.31 Å². The molecule has 0 amide bonds. The molecule has 2 heterocycles. The van der Waals surface area contributed by atoms with Crippen molar-refractivity contribution in [2.75, 3.05) is 0 Å². The molecule has 112 valence electrons. The Hall–Kier alpha value is -0.905. The SMILES string of the molecule is CC(C)C1(C)OB(c2csc3c(F)cccc23)OC1(C)C. The summed E-state index contributed by atoms with van der Waals surface area (Å²) in [5.41, 5.74) is 0.152. The molecule has 0 radical (unpaired) electrons. The van der Waals surface area contributed by atoms with Gasteiger partial charge in [-0.15, -0.1) is 11.3 Å². The molecule has 1 aromatic heterocycles. The van der Waals surface area contributed by atoms with E-state index in [1.807, 2.05) is 11.4 Å². The Labute approximate surface area is 129 Å². The predicted octanol–water partition coefficient (Wildman–Crippen LogP) is 3.98.